The van der Waals surface area contributed by atoms with Crippen molar-refractivity contribution < 1.29 is 14.3 Å². The second kappa shape index (κ2) is 6.37. The Labute approximate surface area is 140 Å². The maximum atomic E-state index is 12.1. The first-order valence-electron chi connectivity index (χ1n) is 7.78. The second-order valence-electron chi connectivity index (χ2n) is 6.04. The summed E-state index contributed by atoms with van der Waals surface area (Å²) >= 11 is 0. The van der Waals surface area contributed by atoms with Crippen molar-refractivity contribution in [3.8, 4) is 0 Å². The van der Waals surface area contributed by atoms with Crippen molar-refractivity contribution >= 4 is 22.7 Å². The van der Waals surface area contributed by atoms with Crippen LogP contribution in [0.5, 0.6) is 0 Å². The minimum Gasteiger partial charge on any atom is -0.458 e. The van der Waals surface area contributed by atoms with Crippen molar-refractivity contribution in [2.24, 2.45) is 0 Å². The molecule has 5 heteroatoms. The number of hydrogen-bond donors (Lipinski definition) is 3. The number of anilines is 1. The molecule has 1 atom stereocenters. The highest BCUT2D eigenvalue weighted by molar-refractivity contribution is 5.90. The summed E-state index contributed by atoms with van der Waals surface area (Å²) in [5.41, 5.74) is 1.11. The van der Waals surface area contributed by atoms with Gasteiger partial charge in [0.25, 0.3) is 0 Å². The van der Waals surface area contributed by atoms with Gasteiger partial charge in [0.15, 0.2) is 0 Å². The fourth-order valence-electron chi connectivity index (χ4n) is 2.47. The number of amides is 2. The Hall–Kier alpha value is -2.79. The zero-order valence-electron chi connectivity index (χ0n) is 13.7. The number of rotatable bonds is 4. The van der Waals surface area contributed by atoms with Gasteiger partial charge < -0.3 is 20.2 Å². The first-order chi connectivity index (χ1) is 11.5. The van der Waals surface area contributed by atoms with Gasteiger partial charge in [-0.05, 0) is 37.6 Å². The minimum atomic E-state index is -1.30. The topological polar surface area (TPSA) is 74.5 Å². The number of fused-ring (bicyclic) bond motifs is 1. The molecule has 0 aliphatic carbocycles. The maximum Gasteiger partial charge on any atom is 0.319 e. The Balaban J connectivity index is 1.66. The third-order valence-corrected chi connectivity index (χ3v) is 3.94. The van der Waals surface area contributed by atoms with E-state index in [1.54, 1.807) is 13.0 Å². The summed E-state index contributed by atoms with van der Waals surface area (Å²) in [5.74, 6) is 0.417. The van der Waals surface area contributed by atoms with Gasteiger partial charge in [-0.3, -0.25) is 0 Å². The van der Waals surface area contributed by atoms with Crippen molar-refractivity contribution in [1.29, 1.82) is 0 Å². The van der Waals surface area contributed by atoms with E-state index in [1.807, 2.05) is 55.5 Å². The average Bonchev–Trinajstić information content (AvgIpc) is 3.00. The molecule has 0 saturated heterocycles. The third-order valence-electron chi connectivity index (χ3n) is 3.94. The van der Waals surface area contributed by atoms with Crippen LogP contribution in [0.15, 0.2) is 59.0 Å². The number of hydrogen-bond acceptors (Lipinski definition) is 3. The number of aliphatic hydroxyl groups is 1. The van der Waals surface area contributed by atoms with Crippen LogP contribution in [0.4, 0.5) is 10.5 Å². The average molecular weight is 324 g/mol. The van der Waals surface area contributed by atoms with E-state index >= 15 is 0 Å². The molecule has 0 radical (unpaired) electrons. The van der Waals surface area contributed by atoms with Crippen LogP contribution in [0.3, 0.4) is 0 Å². The molecule has 0 spiro atoms. The Morgan fingerprint density at radius 1 is 1.17 bits per heavy atom. The minimum absolute atomic E-state index is 0.0323. The lowest BCUT2D eigenvalue weighted by atomic mass is 10.0. The highest BCUT2D eigenvalue weighted by Crippen LogP contribution is 2.27. The summed E-state index contributed by atoms with van der Waals surface area (Å²) in [6.07, 6.45) is 0. The quantitative estimate of drug-likeness (QED) is 0.684. The van der Waals surface area contributed by atoms with Crippen molar-refractivity contribution in [3.05, 3.63) is 65.9 Å². The van der Waals surface area contributed by atoms with Crippen LogP contribution in [-0.4, -0.2) is 17.7 Å². The van der Waals surface area contributed by atoms with Gasteiger partial charge >= 0.3 is 6.03 Å². The number of nitrogens with one attached hydrogen (secondary N) is 2. The van der Waals surface area contributed by atoms with Crippen LogP contribution in [0, 0.1) is 6.92 Å². The summed E-state index contributed by atoms with van der Waals surface area (Å²) in [7, 11) is 0. The first kappa shape index (κ1) is 16.1. The summed E-state index contributed by atoms with van der Waals surface area (Å²) < 4.78 is 5.68. The SMILES string of the molecule is Cc1ccccc1NC(=O)NC[C@](C)(O)c1cc2ccccc2o1. The molecule has 2 aromatic carbocycles. The van der Waals surface area contributed by atoms with Gasteiger partial charge in [-0.1, -0.05) is 36.4 Å². The number of carbonyl (C=O) groups excluding carboxylic acids is 1. The molecule has 3 aromatic rings. The molecule has 0 aliphatic heterocycles. The van der Waals surface area contributed by atoms with Gasteiger partial charge in [0.05, 0.1) is 6.54 Å². The molecular formula is C19H20N2O3. The third kappa shape index (κ3) is 3.41. The Morgan fingerprint density at radius 2 is 1.88 bits per heavy atom. The van der Waals surface area contributed by atoms with E-state index in [0.717, 1.165) is 16.6 Å². The number of benzene rings is 2. The van der Waals surface area contributed by atoms with E-state index in [2.05, 4.69) is 10.6 Å². The Kier molecular flexibility index (Phi) is 4.27. The lowest BCUT2D eigenvalue weighted by Gasteiger charge is -2.21. The van der Waals surface area contributed by atoms with Gasteiger partial charge in [-0.2, -0.15) is 0 Å². The number of furan rings is 1. The number of urea groups is 1. The molecule has 3 rings (SSSR count). The highest BCUT2D eigenvalue weighted by atomic mass is 16.4. The molecule has 0 bridgehead atoms. The van der Waals surface area contributed by atoms with Crippen LogP contribution in [0.1, 0.15) is 18.2 Å². The van der Waals surface area contributed by atoms with E-state index < -0.39 is 5.60 Å². The van der Waals surface area contributed by atoms with Crippen LogP contribution in [0.25, 0.3) is 11.0 Å². The van der Waals surface area contributed by atoms with E-state index in [1.165, 1.54) is 0 Å². The monoisotopic (exact) mass is 324 g/mol. The van der Waals surface area contributed by atoms with Gasteiger partial charge in [0.2, 0.25) is 0 Å². The maximum absolute atomic E-state index is 12.1. The summed E-state index contributed by atoms with van der Waals surface area (Å²) in [6, 6.07) is 16.5. The zero-order valence-corrected chi connectivity index (χ0v) is 13.7. The van der Waals surface area contributed by atoms with Gasteiger partial charge in [0, 0.05) is 11.1 Å². The van der Waals surface area contributed by atoms with Crippen molar-refractivity contribution in [1.82, 2.24) is 5.32 Å². The first-order valence-corrected chi connectivity index (χ1v) is 7.78. The lowest BCUT2D eigenvalue weighted by molar-refractivity contribution is 0.0388. The summed E-state index contributed by atoms with van der Waals surface area (Å²) in [6.45, 7) is 3.56. The normalized spacial score (nSPS) is 13.5. The fraction of sp³-hybridized carbons (Fsp3) is 0.211. The highest BCUT2D eigenvalue weighted by Gasteiger charge is 2.28. The van der Waals surface area contributed by atoms with Crippen LogP contribution < -0.4 is 10.6 Å². The van der Waals surface area contributed by atoms with E-state index in [0.29, 0.717) is 11.3 Å². The molecule has 5 nitrogen and oxygen atoms in total. The van der Waals surface area contributed by atoms with Crippen molar-refractivity contribution in [3.63, 3.8) is 0 Å². The standard InChI is InChI=1S/C19H20N2O3/c1-13-7-3-5-9-15(13)21-18(22)20-12-19(2,23)17-11-14-8-4-6-10-16(14)24-17/h3-11,23H,12H2,1-2H3,(H2,20,21,22)/t19-/m0/s1. The van der Waals surface area contributed by atoms with Crippen molar-refractivity contribution in [2.45, 2.75) is 19.4 Å². The molecule has 3 N–H and O–H groups in total. The van der Waals surface area contributed by atoms with Crippen molar-refractivity contribution in [2.75, 3.05) is 11.9 Å². The predicted molar refractivity (Wildman–Crippen MR) is 94.0 cm³/mol. The van der Waals surface area contributed by atoms with Gasteiger partial charge in [0.1, 0.15) is 16.9 Å². The zero-order chi connectivity index (χ0) is 17.2. The van der Waals surface area contributed by atoms with E-state index in [4.69, 9.17) is 4.42 Å². The molecule has 24 heavy (non-hydrogen) atoms. The molecule has 1 aromatic heterocycles. The van der Waals surface area contributed by atoms with Crippen LogP contribution in [-0.2, 0) is 5.60 Å². The number of carbonyl (C=O) groups is 1. The molecule has 2 amide bonds. The number of para-hydroxylation sites is 2. The van der Waals surface area contributed by atoms with Crippen LogP contribution in [0.2, 0.25) is 0 Å². The molecular weight excluding hydrogens is 304 g/mol. The molecule has 0 aliphatic rings. The van der Waals surface area contributed by atoms with Gasteiger partial charge in [-0.25, -0.2) is 4.79 Å². The summed E-state index contributed by atoms with van der Waals surface area (Å²) in [5, 5.41) is 17.0. The molecule has 124 valence electrons. The lowest BCUT2D eigenvalue weighted by Crippen LogP contribution is -2.40. The fourth-order valence-corrected chi connectivity index (χ4v) is 2.47. The van der Waals surface area contributed by atoms with E-state index in [-0.39, 0.29) is 12.6 Å². The summed E-state index contributed by atoms with van der Waals surface area (Å²) in [4.78, 5) is 12.1. The molecule has 0 unspecified atom stereocenters. The predicted octanol–water partition coefficient (Wildman–Crippen LogP) is 3.77. The van der Waals surface area contributed by atoms with E-state index in [9.17, 15) is 9.90 Å². The van der Waals surface area contributed by atoms with Gasteiger partial charge in [-0.15, -0.1) is 0 Å². The molecule has 1 heterocycles. The smallest absolute Gasteiger partial charge is 0.319 e. The largest absolute Gasteiger partial charge is 0.458 e. The van der Waals surface area contributed by atoms with Crippen LogP contribution >= 0.6 is 0 Å². The Morgan fingerprint density at radius 3 is 2.62 bits per heavy atom. The molecule has 0 fully saturated rings. The molecule has 0 saturated carbocycles. The Bertz CT molecular complexity index is 835. The second-order valence-corrected chi connectivity index (χ2v) is 6.04. The number of aryl methyl sites for hydroxylation is 1.